The van der Waals surface area contributed by atoms with Gasteiger partial charge in [0.2, 0.25) is 0 Å². The Balaban J connectivity index is 1.69. The van der Waals surface area contributed by atoms with E-state index >= 15 is 0 Å². The topological polar surface area (TPSA) is 74.6 Å². The lowest BCUT2D eigenvalue weighted by molar-refractivity contribution is -0.152. The van der Waals surface area contributed by atoms with Crippen molar-refractivity contribution in [3.05, 3.63) is 11.6 Å². The molecule has 0 aromatic carbocycles. The van der Waals surface area contributed by atoms with Crippen LogP contribution in [0.15, 0.2) is 11.6 Å². The van der Waals surface area contributed by atoms with E-state index in [9.17, 15) is 19.8 Å². The van der Waals surface area contributed by atoms with Crippen LogP contribution in [0.1, 0.15) is 91.4 Å². The molecule has 4 aliphatic carbocycles. The van der Waals surface area contributed by atoms with Crippen LogP contribution in [0.3, 0.4) is 0 Å². The highest BCUT2D eigenvalue weighted by molar-refractivity contribution is 5.91. The smallest absolute Gasteiger partial charge is 0.303 e. The first-order valence-corrected chi connectivity index (χ1v) is 11.8. The Morgan fingerprint density at radius 1 is 1.17 bits per heavy atom. The van der Waals surface area contributed by atoms with Gasteiger partial charge < -0.3 is 10.2 Å². The fourth-order valence-corrected chi connectivity index (χ4v) is 8.21. The van der Waals surface area contributed by atoms with Crippen molar-refractivity contribution in [1.29, 1.82) is 0 Å². The minimum atomic E-state index is -0.850. The molecular formula is C25H38O4. The Labute approximate surface area is 175 Å². The molecule has 162 valence electrons. The molecule has 0 aromatic rings. The summed E-state index contributed by atoms with van der Waals surface area (Å²) in [5.74, 6) is 1.72. The Hall–Kier alpha value is -1.16. The molecule has 0 spiro atoms. The highest BCUT2D eigenvalue weighted by Crippen LogP contribution is 2.69. The summed E-state index contributed by atoms with van der Waals surface area (Å²) in [5.41, 5.74) is 0.497. The Morgan fingerprint density at radius 3 is 2.59 bits per heavy atom. The van der Waals surface area contributed by atoms with E-state index in [0.29, 0.717) is 42.3 Å². The van der Waals surface area contributed by atoms with Crippen LogP contribution in [0.2, 0.25) is 0 Å². The van der Waals surface area contributed by atoms with E-state index in [4.69, 9.17) is 0 Å². The molecule has 3 saturated carbocycles. The molecule has 0 heterocycles. The third-order valence-corrected chi connectivity index (χ3v) is 9.87. The number of ketones is 1. The van der Waals surface area contributed by atoms with Crippen LogP contribution in [0.25, 0.3) is 0 Å². The van der Waals surface area contributed by atoms with E-state index in [2.05, 4.69) is 20.8 Å². The van der Waals surface area contributed by atoms with E-state index in [1.165, 1.54) is 12.0 Å². The van der Waals surface area contributed by atoms with Crippen molar-refractivity contribution in [2.24, 2.45) is 34.5 Å². The first-order chi connectivity index (χ1) is 13.6. The summed E-state index contributed by atoms with van der Waals surface area (Å²) in [6.45, 7) is 6.91. The largest absolute Gasteiger partial charge is 0.481 e. The standard InChI is InChI=1S/C25H38O4/c1-4-5-16-14-17-15-18(26)6-10-23(17,2)19-7-11-24(3)20(22(16)19)8-12-25(24,29)13-9-21(27)28/h15-16,19-20,22,29H,4-14H2,1-3H3,(H,27,28)/t16-,19+,20+,22-,23+,24+,25-/m1/s1. The van der Waals surface area contributed by atoms with Gasteiger partial charge in [-0.15, -0.1) is 0 Å². The molecule has 4 aliphatic rings. The van der Waals surface area contributed by atoms with Gasteiger partial charge in [0.05, 0.1) is 5.60 Å². The minimum absolute atomic E-state index is 0.0536. The van der Waals surface area contributed by atoms with Crippen molar-refractivity contribution in [1.82, 2.24) is 0 Å². The van der Waals surface area contributed by atoms with Crippen LogP contribution in [0, 0.1) is 34.5 Å². The van der Waals surface area contributed by atoms with Crippen molar-refractivity contribution in [2.45, 2.75) is 97.0 Å². The molecule has 4 nitrogen and oxygen atoms in total. The van der Waals surface area contributed by atoms with Gasteiger partial charge in [0.25, 0.3) is 0 Å². The molecule has 0 amide bonds. The van der Waals surface area contributed by atoms with Gasteiger partial charge in [-0.2, -0.15) is 0 Å². The summed E-state index contributed by atoms with van der Waals surface area (Å²) in [4.78, 5) is 23.4. The molecular weight excluding hydrogens is 364 g/mol. The SMILES string of the molecule is CCC[C@@H]1CC2=CC(=O)CC[C@]2(C)[C@H]2CC[C@@]3(C)[C@@H](CC[C@@]3(O)CCC(=O)O)[C@H]12. The van der Waals surface area contributed by atoms with E-state index < -0.39 is 11.6 Å². The second kappa shape index (κ2) is 7.21. The zero-order valence-electron chi connectivity index (χ0n) is 18.4. The molecule has 0 unspecified atom stereocenters. The van der Waals surface area contributed by atoms with Crippen LogP contribution in [-0.2, 0) is 9.59 Å². The van der Waals surface area contributed by atoms with Gasteiger partial charge in [-0.1, -0.05) is 39.2 Å². The predicted molar refractivity (Wildman–Crippen MR) is 112 cm³/mol. The number of allylic oxidation sites excluding steroid dienone is 1. The number of carbonyl (C=O) groups is 2. The average Bonchev–Trinajstić information content (AvgIpc) is 2.93. The Kier molecular flexibility index (Phi) is 5.25. The van der Waals surface area contributed by atoms with E-state index in [1.54, 1.807) is 0 Å². The number of carboxylic acids is 1. The van der Waals surface area contributed by atoms with Crippen LogP contribution in [0.5, 0.6) is 0 Å². The van der Waals surface area contributed by atoms with E-state index in [0.717, 1.165) is 44.9 Å². The molecule has 0 saturated heterocycles. The van der Waals surface area contributed by atoms with Crippen molar-refractivity contribution in [3.63, 3.8) is 0 Å². The van der Waals surface area contributed by atoms with Crippen molar-refractivity contribution in [2.75, 3.05) is 0 Å². The molecule has 0 aromatic heterocycles. The molecule has 7 atom stereocenters. The summed E-state index contributed by atoms with van der Waals surface area (Å²) >= 11 is 0. The zero-order valence-corrected chi connectivity index (χ0v) is 18.4. The van der Waals surface area contributed by atoms with Gasteiger partial charge in [0, 0.05) is 12.8 Å². The number of fused-ring (bicyclic) bond motifs is 5. The number of carbonyl (C=O) groups excluding carboxylic acids is 1. The molecule has 3 fully saturated rings. The lowest BCUT2D eigenvalue weighted by Gasteiger charge is -2.61. The van der Waals surface area contributed by atoms with E-state index in [-0.39, 0.29) is 17.3 Å². The van der Waals surface area contributed by atoms with Crippen molar-refractivity contribution in [3.8, 4) is 0 Å². The van der Waals surface area contributed by atoms with Crippen LogP contribution >= 0.6 is 0 Å². The highest BCUT2D eigenvalue weighted by Gasteiger charge is 2.65. The van der Waals surface area contributed by atoms with Crippen molar-refractivity contribution < 1.29 is 19.8 Å². The van der Waals surface area contributed by atoms with Gasteiger partial charge in [-0.25, -0.2) is 0 Å². The summed E-state index contributed by atoms with van der Waals surface area (Å²) in [6.07, 6.45) is 11.3. The molecule has 29 heavy (non-hydrogen) atoms. The van der Waals surface area contributed by atoms with Crippen LogP contribution < -0.4 is 0 Å². The number of aliphatic carboxylic acids is 1. The molecule has 2 N–H and O–H groups in total. The maximum Gasteiger partial charge on any atom is 0.303 e. The summed E-state index contributed by atoms with van der Waals surface area (Å²) < 4.78 is 0. The molecule has 4 heteroatoms. The first-order valence-electron chi connectivity index (χ1n) is 11.8. The maximum atomic E-state index is 12.2. The maximum absolute atomic E-state index is 12.2. The third kappa shape index (κ3) is 3.12. The van der Waals surface area contributed by atoms with Crippen LogP contribution in [0.4, 0.5) is 0 Å². The second-order valence-corrected chi connectivity index (χ2v) is 11.0. The lowest BCUT2D eigenvalue weighted by Crippen LogP contribution is -2.57. The molecule has 0 bridgehead atoms. The molecule has 4 rings (SSSR count). The number of hydrogen-bond donors (Lipinski definition) is 2. The first kappa shape index (κ1) is 21.1. The monoisotopic (exact) mass is 402 g/mol. The normalized spacial score (nSPS) is 46.5. The van der Waals surface area contributed by atoms with Gasteiger partial charge in [-0.3, -0.25) is 9.59 Å². The molecule has 0 radical (unpaired) electrons. The summed E-state index contributed by atoms with van der Waals surface area (Å²) in [6, 6.07) is 0. The van der Waals surface area contributed by atoms with Gasteiger partial charge in [0.1, 0.15) is 0 Å². The van der Waals surface area contributed by atoms with E-state index in [1.807, 2.05) is 6.08 Å². The second-order valence-electron chi connectivity index (χ2n) is 11.0. The van der Waals surface area contributed by atoms with Crippen LogP contribution in [-0.4, -0.2) is 27.6 Å². The average molecular weight is 403 g/mol. The highest BCUT2D eigenvalue weighted by atomic mass is 16.4. The number of hydrogen-bond acceptors (Lipinski definition) is 3. The van der Waals surface area contributed by atoms with Gasteiger partial charge in [0.15, 0.2) is 5.78 Å². The Morgan fingerprint density at radius 2 is 1.90 bits per heavy atom. The minimum Gasteiger partial charge on any atom is -0.481 e. The fraction of sp³-hybridized carbons (Fsp3) is 0.840. The zero-order chi connectivity index (χ0) is 21.0. The fourth-order valence-electron chi connectivity index (χ4n) is 8.21. The number of carboxylic acid groups (broad SMARTS) is 1. The number of aliphatic hydroxyl groups is 1. The molecule has 0 aliphatic heterocycles. The van der Waals surface area contributed by atoms with Gasteiger partial charge in [-0.05, 0) is 85.5 Å². The third-order valence-electron chi connectivity index (χ3n) is 9.87. The quantitative estimate of drug-likeness (QED) is 0.668. The Bertz CT molecular complexity index is 726. The summed E-state index contributed by atoms with van der Waals surface area (Å²) in [7, 11) is 0. The van der Waals surface area contributed by atoms with Crippen molar-refractivity contribution >= 4 is 11.8 Å². The lowest BCUT2D eigenvalue weighted by atomic mass is 9.43. The summed E-state index contributed by atoms with van der Waals surface area (Å²) in [5, 5.41) is 20.8. The van der Waals surface area contributed by atoms with Gasteiger partial charge >= 0.3 is 5.97 Å². The predicted octanol–water partition coefficient (Wildman–Crippen LogP) is 5.14. The number of rotatable bonds is 5.